The van der Waals surface area contributed by atoms with Crippen molar-refractivity contribution in [2.45, 2.75) is 26.9 Å². The van der Waals surface area contributed by atoms with E-state index in [0.29, 0.717) is 28.0 Å². The molecule has 9 heteroatoms. The summed E-state index contributed by atoms with van der Waals surface area (Å²) in [6.45, 7) is 5.75. The number of carbonyl (C=O) groups is 1. The van der Waals surface area contributed by atoms with Crippen LogP contribution in [0.4, 0.5) is 13.2 Å². The lowest BCUT2D eigenvalue weighted by molar-refractivity contribution is -0.137. The number of alkyl halides is 3. The number of hydrogen-bond acceptors (Lipinski definition) is 4. The fourth-order valence-corrected chi connectivity index (χ4v) is 3.65. The molecule has 6 nitrogen and oxygen atoms in total. The Morgan fingerprint density at radius 3 is 2.50 bits per heavy atom. The Hall–Kier alpha value is -3.88. The molecule has 176 valence electrons. The predicted molar refractivity (Wildman–Crippen MR) is 122 cm³/mol. The Morgan fingerprint density at radius 1 is 1.06 bits per heavy atom. The van der Waals surface area contributed by atoms with Crippen LogP contribution in [0.5, 0.6) is 5.75 Å². The number of hydrogen-bond donors (Lipinski definition) is 1. The van der Waals surface area contributed by atoms with Gasteiger partial charge in [0, 0.05) is 5.69 Å². The molecule has 0 radical (unpaired) electrons. The molecule has 0 aliphatic carbocycles. The van der Waals surface area contributed by atoms with E-state index in [9.17, 15) is 18.0 Å². The molecule has 0 aliphatic rings. The van der Waals surface area contributed by atoms with E-state index in [0.717, 1.165) is 23.4 Å². The first-order chi connectivity index (χ1) is 16.1. The van der Waals surface area contributed by atoms with Crippen molar-refractivity contribution >= 4 is 16.9 Å². The molecule has 2 heterocycles. The van der Waals surface area contributed by atoms with Gasteiger partial charge in [0.15, 0.2) is 5.65 Å². The largest absolute Gasteiger partial charge is 0.492 e. The first-order valence-electron chi connectivity index (χ1n) is 10.7. The van der Waals surface area contributed by atoms with Gasteiger partial charge in [-0.25, -0.2) is 9.67 Å². The van der Waals surface area contributed by atoms with Gasteiger partial charge in [0.2, 0.25) is 0 Å². The summed E-state index contributed by atoms with van der Waals surface area (Å²) in [6.07, 6.45) is -4.45. The molecule has 2 aromatic heterocycles. The first kappa shape index (κ1) is 23.3. The average molecular weight is 468 g/mol. The van der Waals surface area contributed by atoms with E-state index in [2.05, 4.69) is 15.4 Å². The molecule has 0 unspecified atom stereocenters. The van der Waals surface area contributed by atoms with Gasteiger partial charge < -0.3 is 10.1 Å². The number of nitrogens with zero attached hydrogens (tertiary/aromatic N) is 3. The lowest BCUT2D eigenvalue weighted by atomic mass is 10.1. The number of amides is 1. The Balaban J connectivity index is 1.50. The molecule has 34 heavy (non-hydrogen) atoms. The van der Waals surface area contributed by atoms with E-state index in [1.807, 2.05) is 38.1 Å². The quantitative estimate of drug-likeness (QED) is 0.396. The number of rotatable bonds is 6. The number of ether oxygens (including phenoxy) is 1. The standard InChI is InChI=1S/C25H23F3N4O2/c1-15-7-9-19(10-8-15)32-23-22(17(3)31-32)21(13-16(2)30-23)24(33)29-11-12-34-20-6-4-5-18(14-20)25(26,27)28/h4-10,13-14H,11-12H2,1-3H3,(H,29,33). The highest BCUT2D eigenvalue weighted by Crippen LogP contribution is 2.31. The van der Waals surface area contributed by atoms with E-state index in [-0.39, 0.29) is 24.8 Å². The molecule has 0 aliphatic heterocycles. The van der Waals surface area contributed by atoms with Crippen LogP contribution in [0.1, 0.15) is 32.9 Å². The lowest BCUT2D eigenvalue weighted by Gasteiger charge is -2.11. The van der Waals surface area contributed by atoms with Crippen molar-refractivity contribution in [2.24, 2.45) is 0 Å². The summed E-state index contributed by atoms with van der Waals surface area (Å²) in [7, 11) is 0. The molecule has 0 atom stereocenters. The van der Waals surface area contributed by atoms with Crippen LogP contribution in [0.15, 0.2) is 54.6 Å². The van der Waals surface area contributed by atoms with Crippen molar-refractivity contribution in [1.82, 2.24) is 20.1 Å². The van der Waals surface area contributed by atoms with Gasteiger partial charge >= 0.3 is 6.18 Å². The Labute approximate surface area is 194 Å². The molecule has 0 spiro atoms. The highest BCUT2D eigenvalue weighted by atomic mass is 19.4. The van der Waals surface area contributed by atoms with Crippen molar-refractivity contribution in [2.75, 3.05) is 13.2 Å². The molecule has 0 saturated heterocycles. The number of carbonyl (C=O) groups excluding carboxylic acids is 1. The molecule has 1 amide bonds. The predicted octanol–water partition coefficient (Wildman–Crippen LogP) is 5.17. The highest BCUT2D eigenvalue weighted by molar-refractivity contribution is 6.06. The van der Waals surface area contributed by atoms with Crippen molar-refractivity contribution in [3.05, 3.63) is 82.7 Å². The number of pyridine rings is 1. The fraction of sp³-hybridized carbons (Fsp3) is 0.240. The molecule has 0 fully saturated rings. The molecular weight excluding hydrogens is 445 g/mol. The van der Waals surface area contributed by atoms with Gasteiger partial charge in [0.05, 0.1) is 34.4 Å². The number of aryl methyl sites for hydroxylation is 3. The number of halogens is 3. The summed E-state index contributed by atoms with van der Waals surface area (Å²) >= 11 is 0. The zero-order valence-electron chi connectivity index (χ0n) is 18.9. The normalized spacial score (nSPS) is 11.6. The third-order valence-corrected chi connectivity index (χ3v) is 5.28. The van der Waals surface area contributed by atoms with Crippen molar-refractivity contribution < 1.29 is 22.7 Å². The van der Waals surface area contributed by atoms with E-state index in [4.69, 9.17) is 4.74 Å². The average Bonchev–Trinajstić information content (AvgIpc) is 3.12. The lowest BCUT2D eigenvalue weighted by Crippen LogP contribution is -2.28. The van der Waals surface area contributed by atoms with Crippen molar-refractivity contribution in [1.29, 1.82) is 0 Å². The van der Waals surface area contributed by atoms with Crippen LogP contribution in [0.3, 0.4) is 0 Å². The monoisotopic (exact) mass is 468 g/mol. The second-order valence-corrected chi connectivity index (χ2v) is 7.97. The molecular formula is C25H23F3N4O2. The smallest absolute Gasteiger partial charge is 0.416 e. The van der Waals surface area contributed by atoms with Crippen LogP contribution < -0.4 is 10.1 Å². The molecule has 2 aromatic carbocycles. The zero-order valence-corrected chi connectivity index (χ0v) is 18.9. The van der Waals surface area contributed by atoms with Gasteiger partial charge in [0.25, 0.3) is 5.91 Å². The summed E-state index contributed by atoms with van der Waals surface area (Å²) in [4.78, 5) is 17.6. The minimum absolute atomic E-state index is 0.0157. The molecule has 0 bridgehead atoms. The van der Waals surface area contributed by atoms with E-state index in [1.165, 1.54) is 12.1 Å². The molecule has 0 saturated carbocycles. The topological polar surface area (TPSA) is 69.0 Å². The SMILES string of the molecule is Cc1ccc(-n2nc(C)c3c(C(=O)NCCOc4cccc(C(F)(F)F)c4)cc(C)nc32)cc1. The number of fused-ring (bicyclic) bond motifs is 1. The van der Waals surface area contributed by atoms with Crippen LogP contribution in [0.2, 0.25) is 0 Å². The maximum Gasteiger partial charge on any atom is 0.416 e. The van der Waals surface area contributed by atoms with Crippen molar-refractivity contribution in [3.8, 4) is 11.4 Å². The Kier molecular flexibility index (Phi) is 6.28. The zero-order chi connectivity index (χ0) is 24.5. The van der Waals surface area contributed by atoms with Gasteiger partial charge in [-0.2, -0.15) is 18.3 Å². The van der Waals surface area contributed by atoms with Crippen LogP contribution in [-0.4, -0.2) is 33.8 Å². The van der Waals surface area contributed by atoms with Crippen molar-refractivity contribution in [3.63, 3.8) is 0 Å². The second kappa shape index (κ2) is 9.17. The van der Waals surface area contributed by atoms with Gasteiger partial charge in [-0.3, -0.25) is 4.79 Å². The Morgan fingerprint density at radius 2 is 1.79 bits per heavy atom. The van der Waals surface area contributed by atoms with E-state index < -0.39 is 11.7 Å². The molecule has 1 N–H and O–H groups in total. The second-order valence-electron chi connectivity index (χ2n) is 7.97. The van der Waals surface area contributed by atoms with Gasteiger partial charge in [-0.1, -0.05) is 23.8 Å². The highest BCUT2D eigenvalue weighted by Gasteiger charge is 2.30. The van der Waals surface area contributed by atoms with E-state index in [1.54, 1.807) is 17.7 Å². The summed E-state index contributed by atoms with van der Waals surface area (Å²) in [6, 6.07) is 14.2. The maximum absolute atomic E-state index is 13.0. The summed E-state index contributed by atoms with van der Waals surface area (Å²) in [5.41, 5.74) is 3.49. The summed E-state index contributed by atoms with van der Waals surface area (Å²) in [5, 5.41) is 8.00. The molecule has 4 aromatic rings. The third-order valence-electron chi connectivity index (χ3n) is 5.28. The maximum atomic E-state index is 13.0. The van der Waals surface area contributed by atoms with Gasteiger partial charge in [-0.05, 0) is 57.2 Å². The van der Waals surface area contributed by atoms with Gasteiger partial charge in [-0.15, -0.1) is 0 Å². The number of benzene rings is 2. The fourth-order valence-electron chi connectivity index (χ4n) is 3.65. The summed E-state index contributed by atoms with van der Waals surface area (Å²) < 4.78 is 45.6. The number of nitrogens with one attached hydrogen (secondary N) is 1. The minimum atomic E-state index is -4.45. The van der Waals surface area contributed by atoms with Crippen LogP contribution >= 0.6 is 0 Å². The van der Waals surface area contributed by atoms with E-state index >= 15 is 0 Å². The summed E-state index contributed by atoms with van der Waals surface area (Å²) in [5.74, 6) is -0.254. The van der Waals surface area contributed by atoms with Crippen LogP contribution in [0, 0.1) is 20.8 Å². The molecule has 4 rings (SSSR count). The third kappa shape index (κ3) is 4.88. The van der Waals surface area contributed by atoms with Gasteiger partial charge in [0.1, 0.15) is 12.4 Å². The van der Waals surface area contributed by atoms with Crippen LogP contribution in [-0.2, 0) is 6.18 Å². The Bertz CT molecular complexity index is 1350. The minimum Gasteiger partial charge on any atom is -0.492 e. The number of aromatic nitrogens is 3. The van der Waals surface area contributed by atoms with Crippen LogP contribution in [0.25, 0.3) is 16.7 Å². The first-order valence-corrected chi connectivity index (χ1v) is 10.7.